The van der Waals surface area contributed by atoms with E-state index in [2.05, 4.69) is 15.1 Å². The van der Waals surface area contributed by atoms with E-state index in [1.54, 1.807) is 23.1 Å². The first-order valence-electron chi connectivity index (χ1n) is 7.03. The molecule has 0 spiro atoms. The van der Waals surface area contributed by atoms with Crippen LogP contribution in [0.2, 0.25) is 0 Å². The van der Waals surface area contributed by atoms with Crippen LogP contribution in [0.5, 0.6) is 0 Å². The molecule has 1 unspecified atom stereocenters. The molecule has 2 aromatic heterocycles. The van der Waals surface area contributed by atoms with Crippen LogP contribution in [0.4, 0.5) is 0 Å². The molecule has 7 heteroatoms. The summed E-state index contributed by atoms with van der Waals surface area (Å²) in [6.45, 7) is 1.64. The zero-order valence-electron chi connectivity index (χ0n) is 11.6. The van der Waals surface area contributed by atoms with Crippen LogP contribution in [-0.4, -0.2) is 43.6 Å². The van der Waals surface area contributed by atoms with Crippen LogP contribution in [0.15, 0.2) is 35.5 Å². The maximum atomic E-state index is 12.3. The molecular formula is C14H17N5O2. The lowest BCUT2D eigenvalue weighted by Gasteiger charge is -2.32. The van der Waals surface area contributed by atoms with Gasteiger partial charge in [-0.2, -0.15) is 5.10 Å². The first-order chi connectivity index (χ1) is 10.2. The van der Waals surface area contributed by atoms with Crippen LogP contribution in [0.1, 0.15) is 24.5 Å². The van der Waals surface area contributed by atoms with Gasteiger partial charge in [0, 0.05) is 43.3 Å². The number of likely N-dealkylation sites (tertiary alicyclic amines) is 1. The number of H-pyrrole nitrogens is 1. The molecule has 3 rings (SSSR count). The van der Waals surface area contributed by atoms with Crippen molar-refractivity contribution >= 4 is 5.91 Å². The molecule has 1 aliphatic rings. The van der Waals surface area contributed by atoms with Crippen LogP contribution in [-0.2, 0) is 11.3 Å². The van der Waals surface area contributed by atoms with E-state index in [9.17, 15) is 9.59 Å². The quantitative estimate of drug-likeness (QED) is 0.884. The van der Waals surface area contributed by atoms with Crippen molar-refractivity contribution in [3.05, 3.63) is 46.9 Å². The van der Waals surface area contributed by atoms with E-state index >= 15 is 0 Å². The van der Waals surface area contributed by atoms with Gasteiger partial charge in [-0.25, -0.2) is 9.78 Å². The minimum absolute atomic E-state index is 0.0554. The Balaban J connectivity index is 1.68. The van der Waals surface area contributed by atoms with Crippen molar-refractivity contribution < 1.29 is 4.79 Å². The normalized spacial score (nSPS) is 18.7. The molecule has 21 heavy (non-hydrogen) atoms. The summed E-state index contributed by atoms with van der Waals surface area (Å²) in [5.74, 6) is 0.218. The first-order valence-corrected chi connectivity index (χ1v) is 7.03. The lowest BCUT2D eigenvalue weighted by Crippen LogP contribution is -2.41. The van der Waals surface area contributed by atoms with Gasteiger partial charge in [-0.15, -0.1) is 0 Å². The van der Waals surface area contributed by atoms with E-state index in [4.69, 9.17) is 0 Å². The molecule has 0 aliphatic carbocycles. The van der Waals surface area contributed by atoms with E-state index in [1.807, 2.05) is 11.0 Å². The fourth-order valence-corrected chi connectivity index (χ4v) is 2.71. The number of hydrogen-bond acceptors (Lipinski definition) is 4. The van der Waals surface area contributed by atoms with Crippen molar-refractivity contribution in [3.63, 3.8) is 0 Å². The second-order valence-electron chi connectivity index (χ2n) is 5.21. The molecule has 2 aromatic rings. The van der Waals surface area contributed by atoms with Crippen LogP contribution in [0.3, 0.4) is 0 Å². The van der Waals surface area contributed by atoms with Crippen molar-refractivity contribution in [2.45, 2.75) is 25.3 Å². The number of carbonyl (C=O) groups excluding carboxylic acids is 1. The van der Waals surface area contributed by atoms with Gasteiger partial charge in [0.25, 0.3) is 0 Å². The topological polar surface area (TPSA) is 83.9 Å². The molecule has 1 N–H and O–H groups in total. The van der Waals surface area contributed by atoms with E-state index in [0.29, 0.717) is 6.54 Å². The zero-order chi connectivity index (χ0) is 14.7. The summed E-state index contributed by atoms with van der Waals surface area (Å²) in [5.41, 5.74) is 0.513. The summed E-state index contributed by atoms with van der Waals surface area (Å²) >= 11 is 0. The molecule has 110 valence electrons. The number of aromatic amines is 1. The second-order valence-corrected chi connectivity index (χ2v) is 5.21. The molecule has 0 radical (unpaired) electrons. The van der Waals surface area contributed by atoms with Crippen molar-refractivity contribution in [3.8, 4) is 0 Å². The molecule has 0 aromatic carbocycles. The van der Waals surface area contributed by atoms with Crippen LogP contribution in [0.25, 0.3) is 0 Å². The zero-order valence-corrected chi connectivity index (χ0v) is 11.6. The number of carbonyl (C=O) groups is 1. The molecule has 1 atom stereocenters. The van der Waals surface area contributed by atoms with Crippen molar-refractivity contribution in [1.29, 1.82) is 0 Å². The van der Waals surface area contributed by atoms with Crippen LogP contribution in [0, 0.1) is 0 Å². The Morgan fingerprint density at radius 3 is 3.10 bits per heavy atom. The highest BCUT2D eigenvalue weighted by molar-refractivity contribution is 5.76. The lowest BCUT2D eigenvalue weighted by atomic mass is 9.94. The van der Waals surface area contributed by atoms with Gasteiger partial charge in [0.1, 0.15) is 6.54 Å². The smallest absolute Gasteiger partial charge is 0.340 e. The van der Waals surface area contributed by atoms with Crippen LogP contribution >= 0.6 is 0 Å². The summed E-state index contributed by atoms with van der Waals surface area (Å²) in [6.07, 6.45) is 6.84. The van der Waals surface area contributed by atoms with Crippen molar-refractivity contribution in [2.75, 3.05) is 13.1 Å². The van der Waals surface area contributed by atoms with E-state index in [-0.39, 0.29) is 24.1 Å². The van der Waals surface area contributed by atoms with Gasteiger partial charge in [0.15, 0.2) is 0 Å². The number of hydrogen-bond donors (Lipinski definition) is 1. The third-order valence-corrected chi connectivity index (χ3v) is 3.77. The average Bonchev–Trinajstić information content (AvgIpc) is 3.00. The average molecular weight is 287 g/mol. The summed E-state index contributed by atoms with van der Waals surface area (Å²) < 4.78 is 1.63. The summed E-state index contributed by atoms with van der Waals surface area (Å²) in [6, 6.07) is 3.61. The standard InChI is InChI=1S/C14H17N5O2/c20-13(10-19-8-2-5-16-19)18-7-1-3-11(9-18)12-4-6-15-14(21)17-12/h2,4-6,8,11H,1,3,7,9-10H2,(H,15,17,21). The Morgan fingerprint density at radius 2 is 2.33 bits per heavy atom. The molecule has 7 nitrogen and oxygen atoms in total. The maximum Gasteiger partial charge on any atom is 0.345 e. The Bertz CT molecular complexity index is 664. The Kier molecular flexibility index (Phi) is 3.81. The number of nitrogens with zero attached hydrogens (tertiary/aromatic N) is 4. The number of rotatable bonds is 3. The fraction of sp³-hybridized carbons (Fsp3) is 0.429. The molecule has 3 heterocycles. The van der Waals surface area contributed by atoms with Gasteiger partial charge in [-0.05, 0) is 25.0 Å². The minimum atomic E-state index is -0.340. The summed E-state index contributed by atoms with van der Waals surface area (Å²) in [5, 5.41) is 4.05. The third-order valence-electron chi connectivity index (χ3n) is 3.77. The third kappa shape index (κ3) is 3.18. The number of aromatic nitrogens is 4. The predicted octanol–water partition coefficient (Wildman–Crippen LogP) is 0.373. The van der Waals surface area contributed by atoms with E-state index in [1.165, 1.54) is 6.20 Å². The first kappa shape index (κ1) is 13.5. The van der Waals surface area contributed by atoms with Gasteiger partial charge >= 0.3 is 5.69 Å². The monoisotopic (exact) mass is 287 g/mol. The maximum absolute atomic E-state index is 12.3. The Morgan fingerprint density at radius 1 is 1.43 bits per heavy atom. The minimum Gasteiger partial charge on any atom is -0.340 e. The second kappa shape index (κ2) is 5.90. The van der Waals surface area contributed by atoms with Gasteiger partial charge in [-0.3, -0.25) is 9.48 Å². The number of piperidine rings is 1. The highest BCUT2D eigenvalue weighted by Gasteiger charge is 2.25. The summed E-state index contributed by atoms with van der Waals surface area (Å²) in [7, 11) is 0. The van der Waals surface area contributed by atoms with E-state index < -0.39 is 0 Å². The van der Waals surface area contributed by atoms with Gasteiger partial charge in [-0.1, -0.05) is 0 Å². The van der Waals surface area contributed by atoms with Gasteiger partial charge in [0.05, 0.1) is 0 Å². The fourth-order valence-electron chi connectivity index (χ4n) is 2.71. The molecule has 0 bridgehead atoms. The number of amides is 1. The predicted molar refractivity (Wildman–Crippen MR) is 75.6 cm³/mol. The molecule has 1 amide bonds. The SMILES string of the molecule is O=C(Cn1cccn1)N1CCCC(c2ccnc(=O)[nH]2)C1. The van der Waals surface area contributed by atoms with Crippen LogP contribution < -0.4 is 5.69 Å². The Labute approximate surface area is 121 Å². The lowest BCUT2D eigenvalue weighted by molar-refractivity contribution is -0.133. The highest BCUT2D eigenvalue weighted by atomic mass is 16.2. The van der Waals surface area contributed by atoms with E-state index in [0.717, 1.165) is 25.1 Å². The summed E-state index contributed by atoms with van der Waals surface area (Å²) in [4.78, 5) is 31.8. The molecule has 1 aliphatic heterocycles. The van der Waals surface area contributed by atoms with Gasteiger partial charge in [0.2, 0.25) is 5.91 Å². The molecular weight excluding hydrogens is 270 g/mol. The molecule has 0 saturated carbocycles. The highest BCUT2D eigenvalue weighted by Crippen LogP contribution is 2.24. The molecule has 1 fully saturated rings. The number of nitrogens with one attached hydrogen (secondary N) is 1. The Hall–Kier alpha value is -2.44. The molecule has 1 saturated heterocycles. The van der Waals surface area contributed by atoms with Crippen molar-refractivity contribution in [2.24, 2.45) is 0 Å². The van der Waals surface area contributed by atoms with Crippen molar-refractivity contribution in [1.82, 2.24) is 24.6 Å². The largest absolute Gasteiger partial charge is 0.345 e. The van der Waals surface area contributed by atoms with Gasteiger partial charge < -0.3 is 9.88 Å².